The molecule has 2 aromatic carbocycles. The van der Waals surface area contributed by atoms with Gasteiger partial charge in [0.25, 0.3) is 5.88 Å². The van der Waals surface area contributed by atoms with Crippen molar-refractivity contribution >= 4 is 5.97 Å². The number of oxazole rings is 1. The van der Waals surface area contributed by atoms with Crippen LogP contribution in [-0.4, -0.2) is 17.6 Å². The number of carbonyl (C=O) groups is 1. The second-order valence-electron chi connectivity index (χ2n) is 6.47. The first-order valence-electron chi connectivity index (χ1n) is 9.00. The first-order valence-corrected chi connectivity index (χ1v) is 9.00. The predicted octanol–water partition coefficient (Wildman–Crippen LogP) is 5.01. The number of rotatable bonds is 8. The van der Waals surface area contributed by atoms with Gasteiger partial charge in [0, 0.05) is 17.7 Å². The molecule has 1 saturated carbocycles. The third-order valence-corrected chi connectivity index (χ3v) is 4.18. The molecule has 0 aliphatic heterocycles. The molecule has 3 aromatic rings. The van der Waals surface area contributed by atoms with Gasteiger partial charge in [-0.25, -0.2) is 4.79 Å². The van der Waals surface area contributed by atoms with E-state index in [0.717, 1.165) is 24.0 Å². The molecule has 0 amide bonds. The number of nitrogens with zero attached hydrogens (tertiary/aromatic N) is 1. The minimum atomic E-state index is -0.591. The van der Waals surface area contributed by atoms with E-state index in [2.05, 4.69) is 11.6 Å². The molecular formula is C22H19NO5. The van der Waals surface area contributed by atoms with E-state index in [4.69, 9.17) is 18.6 Å². The van der Waals surface area contributed by atoms with Crippen LogP contribution in [0.5, 0.6) is 23.1 Å². The second-order valence-corrected chi connectivity index (χ2v) is 6.47. The van der Waals surface area contributed by atoms with Crippen molar-refractivity contribution in [3.05, 3.63) is 67.4 Å². The van der Waals surface area contributed by atoms with Crippen molar-refractivity contribution in [1.29, 1.82) is 0 Å². The molecule has 0 saturated heterocycles. The highest BCUT2D eigenvalue weighted by Gasteiger charge is 2.21. The van der Waals surface area contributed by atoms with Gasteiger partial charge in [0.05, 0.1) is 6.61 Å². The summed E-state index contributed by atoms with van der Waals surface area (Å²) in [7, 11) is 0. The molecule has 0 spiro atoms. The highest BCUT2D eigenvalue weighted by Crippen LogP contribution is 2.31. The van der Waals surface area contributed by atoms with Gasteiger partial charge in [-0.15, -0.1) is 0 Å². The summed E-state index contributed by atoms with van der Waals surface area (Å²) in [6.07, 6.45) is 4.84. The monoisotopic (exact) mass is 377 g/mol. The second kappa shape index (κ2) is 8.00. The van der Waals surface area contributed by atoms with Crippen LogP contribution < -0.4 is 14.2 Å². The molecule has 28 heavy (non-hydrogen) atoms. The molecule has 0 N–H and O–H groups in total. The number of hydrogen-bond acceptors (Lipinski definition) is 6. The SMILES string of the molecule is C=CC(=O)Oc1coc(-c2ccc(Oc3cccc(OCC4CC4)c3)cc2)n1. The Hall–Kier alpha value is -3.54. The average Bonchev–Trinajstić information content (AvgIpc) is 3.44. The lowest BCUT2D eigenvalue weighted by atomic mass is 10.2. The Labute approximate surface area is 162 Å². The van der Waals surface area contributed by atoms with Crippen molar-refractivity contribution in [3.63, 3.8) is 0 Å². The molecule has 1 aliphatic carbocycles. The Morgan fingerprint density at radius 1 is 1.14 bits per heavy atom. The number of ether oxygens (including phenoxy) is 3. The van der Waals surface area contributed by atoms with Crippen LogP contribution in [-0.2, 0) is 4.79 Å². The molecule has 0 unspecified atom stereocenters. The van der Waals surface area contributed by atoms with Gasteiger partial charge < -0.3 is 18.6 Å². The third-order valence-electron chi connectivity index (χ3n) is 4.18. The van der Waals surface area contributed by atoms with Crippen LogP contribution in [0.15, 0.2) is 71.9 Å². The maximum absolute atomic E-state index is 11.2. The Balaban J connectivity index is 1.40. The van der Waals surface area contributed by atoms with E-state index in [9.17, 15) is 4.79 Å². The maximum atomic E-state index is 11.2. The molecule has 1 aliphatic rings. The lowest BCUT2D eigenvalue weighted by molar-refractivity contribution is -0.129. The summed E-state index contributed by atoms with van der Waals surface area (Å²) >= 11 is 0. The standard InChI is InChI=1S/C22H19NO5/c1-2-21(24)28-20-14-26-22(23-20)16-8-10-17(11-9-16)27-19-5-3-4-18(12-19)25-13-15-6-7-15/h2-5,8-12,14-15H,1,6-7,13H2. The van der Waals surface area contributed by atoms with Crippen molar-refractivity contribution in [3.8, 4) is 34.6 Å². The number of benzene rings is 2. The molecular weight excluding hydrogens is 358 g/mol. The van der Waals surface area contributed by atoms with Crippen molar-refractivity contribution in [1.82, 2.24) is 4.98 Å². The first-order chi connectivity index (χ1) is 13.7. The van der Waals surface area contributed by atoms with Crippen LogP contribution in [0.1, 0.15) is 12.8 Å². The minimum absolute atomic E-state index is 0.0863. The molecule has 1 fully saturated rings. The largest absolute Gasteiger partial charge is 0.493 e. The number of esters is 1. The molecule has 142 valence electrons. The molecule has 0 radical (unpaired) electrons. The zero-order valence-corrected chi connectivity index (χ0v) is 15.2. The highest BCUT2D eigenvalue weighted by molar-refractivity contribution is 5.83. The Bertz CT molecular complexity index is 973. The summed E-state index contributed by atoms with van der Waals surface area (Å²) in [5, 5.41) is 0. The van der Waals surface area contributed by atoms with Crippen LogP contribution in [0.25, 0.3) is 11.5 Å². The summed E-state index contributed by atoms with van der Waals surface area (Å²) in [6, 6.07) is 14.8. The van der Waals surface area contributed by atoms with Crippen molar-refractivity contribution < 1.29 is 23.4 Å². The Kier molecular flexibility index (Phi) is 5.10. The van der Waals surface area contributed by atoms with Gasteiger partial charge in [0.1, 0.15) is 17.2 Å². The van der Waals surface area contributed by atoms with Gasteiger partial charge in [-0.2, -0.15) is 4.98 Å². The fourth-order valence-corrected chi connectivity index (χ4v) is 2.51. The summed E-state index contributed by atoms with van der Waals surface area (Å²) in [4.78, 5) is 15.3. The maximum Gasteiger partial charge on any atom is 0.336 e. The smallest absolute Gasteiger partial charge is 0.336 e. The molecule has 4 rings (SSSR count). The lowest BCUT2D eigenvalue weighted by Crippen LogP contribution is -2.02. The van der Waals surface area contributed by atoms with Gasteiger partial charge >= 0.3 is 5.97 Å². The van der Waals surface area contributed by atoms with Gasteiger partial charge in [-0.05, 0) is 55.2 Å². The molecule has 0 atom stereocenters. The number of aromatic nitrogens is 1. The predicted molar refractivity (Wildman–Crippen MR) is 103 cm³/mol. The van der Waals surface area contributed by atoms with Gasteiger partial charge in [-0.1, -0.05) is 12.6 Å². The Morgan fingerprint density at radius 2 is 1.93 bits per heavy atom. The van der Waals surface area contributed by atoms with E-state index in [1.807, 2.05) is 48.5 Å². The van der Waals surface area contributed by atoms with Crippen LogP contribution in [0, 0.1) is 5.92 Å². The summed E-state index contributed by atoms with van der Waals surface area (Å²) in [5.74, 6) is 2.73. The quantitative estimate of drug-likeness (QED) is 0.406. The average molecular weight is 377 g/mol. The van der Waals surface area contributed by atoms with Gasteiger partial charge in [0.2, 0.25) is 5.89 Å². The normalized spacial score (nSPS) is 13.0. The molecule has 6 heteroatoms. The van der Waals surface area contributed by atoms with Crippen LogP contribution in [0.4, 0.5) is 0 Å². The van der Waals surface area contributed by atoms with E-state index in [0.29, 0.717) is 23.3 Å². The Morgan fingerprint density at radius 3 is 2.68 bits per heavy atom. The zero-order chi connectivity index (χ0) is 19.3. The number of hydrogen-bond donors (Lipinski definition) is 0. The highest BCUT2D eigenvalue weighted by atomic mass is 16.5. The van der Waals surface area contributed by atoms with Crippen molar-refractivity contribution in [2.24, 2.45) is 5.92 Å². The molecule has 1 aromatic heterocycles. The van der Waals surface area contributed by atoms with E-state index in [1.165, 1.54) is 19.1 Å². The van der Waals surface area contributed by atoms with Crippen LogP contribution >= 0.6 is 0 Å². The van der Waals surface area contributed by atoms with Gasteiger partial charge in [0.15, 0.2) is 6.26 Å². The topological polar surface area (TPSA) is 70.8 Å². The fourth-order valence-electron chi connectivity index (χ4n) is 2.51. The molecule has 0 bridgehead atoms. The lowest BCUT2D eigenvalue weighted by Gasteiger charge is -2.09. The summed E-state index contributed by atoms with van der Waals surface area (Å²) in [5.41, 5.74) is 0.731. The molecule has 6 nitrogen and oxygen atoms in total. The van der Waals surface area contributed by atoms with Crippen LogP contribution in [0.2, 0.25) is 0 Å². The van der Waals surface area contributed by atoms with Gasteiger partial charge in [-0.3, -0.25) is 0 Å². The van der Waals surface area contributed by atoms with E-state index < -0.39 is 5.97 Å². The first kappa shape index (κ1) is 17.9. The fraction of sp³-hybridized carbons (Fsp3) is 0.182. The van der Waals surface area contributed by atoms with E-state index in [-0.39, 0.29) is 5.88 Å². The van der Waals surface area contributed by atoms with E-state index in [1.54, 1.807) is 0 Å². The van der Waals surface area contributed by atoms with E-state index >= 15 is 0 Å². The van der Waals surface area contributed by atoms with Crippen molar-refractivity contribution in [2.45, 2.75) is 12.8 Å². The van der Waals surface area contributed by atoms with Crippen LogP contribution in [0.3, 0.4) is 0 Å². The number of carbonyl (C=O) groups excluding carboxylic acids is 1. The van der Waals surface area contributed by atoms with Crippen molar-refractivity contribution in [2.75, 3.05) is 6.61 Å². The minimum Gasteiger partial charge on any atom is -0.493 e. The summed E-state index contributed by atoms with van der Waals surface area (Å²) < 4.78 is 21.9. The summed E-state index contributed by atoms with van der Waals surface area (Å²) in [6.45, 7) is 4.10. The molecule has 1 heterocycles. The zero-order valence-electron chi connectivity index (χ0n) is 15.2. The third kappa shape index (κ3) is 4.59.